The number of rotatable bonds is 7. The standard InChI is InChI=1S/C9H21NO/c1-4-9(10-5-2)7-6-8-11-3/h9-10H,4-8H2,1-3H3. The first-order valence-electron chi connectivity index (χ1n) is 4.57. The average Bonchev–Trinajstić information content (AvgIpc) is 2.03. The highest BCUT2D eigenvalue weighted by Crippen LogP contribution is 2.00. The Kier molecular flexibility index (Phi) is 7.96. The number of nitrogens with one attached hydrogen (secondary N) is 1. The predicted molar refractivity (Wildman–Crippen MR) is 48.9 cm³/mol. The highest BCUT2D eigenvalue weighted by Gasteiger charge is 2.02. The first-order chi connectivity index (χ1) is 5.35. The van der Waals surface area contributed by atoms with Crippen LogP contribution in [0.25, 0.3) is 0 Å². The van der Waals surface area contributed by atoms with Gasteiger partial charge in [0.15, 0.2) is 0 Å². The van der Waals surface area contributed by atoms with Gasteiger partial charge in [-0.3, -0.25) is 0 Å². The Bertz CT molecular complexity index is 76.0. The van der Waals surface area contributed by atoms with Crippen molar-refractivity contribution in [2.75, 3.05) is 20.3 Å². The molecule has 11 heavy (non-hydrogen) atoms. The molecule has 0 rings (SSSR count). The molecule has 0 aliphatic carbocycles. The maximum absolute atomic E-state index is 4.99. The van der Waals surface area contributed by atoms with Crippen LogP contribution in [0.1, 0.15) is 33.1 Å². The minimum Gasteiger partial charge on any atom is -0.385 e. The van der Waals surface area contributed by atoms with Crippen LogP contribution in [-0.2, 0) is 4.74 Å². The first kappa shape index (κ1) is 10.9. The van der Waals surface area contributed by atoms with Gasteiger partial charge in [-0.15, -0.1) is 0 Å². The first-order valence-corrected chi connectivity index (χ1v) is 4.57. The number of ether oxygens (including phenoxy) is 1. The summed E-state index contributed by atoms with van der Waals surface area (Å²) >= 11 is 0. The summed E-state index contributed by atoms with van der Waals surface area (Å²) in [5, 5.41) is 3.44. The van der Waals surface area contributed by atoms with Crippen LogP contribution in [0.15, 0.2) is 0 Å². The normalized spacial score (nSPS) is 13.4. The lowest BCUT2D eigenvalue weighted by atomic mass is 10.1. The van der Waals surface area contributed by atoms with E-state index in [9.17, 15) is 0 Å². The van der Waals surface area contributed by atoms with E-state index in [1.54, 1.807) is 7.11 Å². The minimum absolute atomic E-state index is 0.690. The molecule has 0 aliphatic heterocycles. The molecule has 2 heteroatoms. The summed E-state index contributed by atoms with van der Waals surface area (Å²) < 4.78 is 4.99. The quantitative estimate of drug-likeness (QED) is 0.572. The minimum atomic E-state index is 0.690. The number of hydrogen-bond acceptors (Lipinski definition) is 2. The zero-order chi connectivity index (χ0) is 8.53. The van der Waals surface area contributed by atoms with E-state index in [0.29, 0.717) is 6.04 Å². The van der Waals surface area contributed by atoms with Crippen molar-refractivity contribution in [1.29, 1.82) is 0 Å². The van der Waals surface area contributed by atoms with Crippen molar-refractivity contribution in [2.45, 2.75) is 39.2 Å². The Balaban J connectivity index is 3.20. The molecule has 0 heterocycles. The van der Waals surface area contributed by atoms with Gasteiger partial charge in [0, 0.05) is 19.8 Å². The third-order valence-corrected chi connectivity index (χ3v) is 1.89. The SMILES string of the molecule is CCNC(CC)CCCOC. The summed E-state index contributed by atoms with van der Waals surface area (Å²) in [5.41, 5.74) is 0. The van der Waals surface area contributed by atoms with Gasteiger partial charge in [0.2, 0.25) is 0 Å². The number of methoxy groups -OCH3 is 1. The fraction of sp³-hybridized carbons (Fsp3) is 1.00. The second kappa shape index (κ2) is 8.02. The lowest BCUT2D eigenvalue weighted by Crippen LogP contribution is -2.28. The van der Waals surface area contributed by atoms with E-state index in [4.69, 9.17) is 4.74 Å². The molecule has 0 fully saturated rings. The zero-order valence-electron chi connectivity index (χ0n) is 8.02. The van der Waals surface area contributed by atoms with E-state index >= 15 is 0 Å². The van der Waals surface area contributed by atoms with Gasteiger partial charge in [-0.1, -0.05) is 13.8 Å². The van der Waals surface area contributed by atoms with Gasteiger partial charge in [-0.25, -0.2) is 0 Å². The van der Waals surface area contributed by atoms with Gasteiger partial charge in [0.25, 0.3) is 0 Å². The van der Waals surface area contributed by atoms with Crippen molar-refractivity contribution in [3.63, 3.8) is 0 Å². The highest BCUT2D eigenvalue weighted by molar-refractivity contribution is 4.62. The van der Waals surface area contributed by atoms with E-state index in [1.165, 1.54) is 19.3 Å². The highest BCUT2D eigenvalue weighted by atomic mass is 16.5. The third kappa shape index (κ3) is 6.32. The van der Waals surface area contributed by atoms with Gasteiger partial charge in [-0.2, -0.15) is 0 Å². The van der Waals surface area contributed by atoms with Gasteiger partial charge >= 0.3 is 0 Å². The predicted octanol–water partition coefficient (Wildman–Crippen LogP) is 1.80. The molecule has 0 aromatic carbocycles. The summed E-state index contributed by atoms with van der Waals surface area (Å²) in [4.78, 5) is 0. The molecule has 1 unspecified atom stereocenters. The van der Waals surface area contributed by atoms with E-state index in [0.717, 1.165) is 13.2 Å². The van der Waals surface area contributed by atoms with Gasteiger partial charge in [0.05, 0.1) is 0 Å². The van der Waals surface area contributed by atoms with Crippen molar-refractivity contribution < 1.29 is 4.74 Å². The summed E-state index contributed by atoms with van der Waals surface area (Å²) in [5.74, 6) is 0. The smallest absolute Gasteiger partial charge is 0.0462 e. The maximum Gasteiger partial charge on any atom is 0.0462 e. The van der Waals surface area contributed by atoms with E-state index in [1.807, 2.05) is 0 Å². The van der Waals surface area contributed by atoms with Crippen molar-refractivity contribution in [3.8, 4) is 0 Å². The molecule has 1 N–H and O–H groups in total. The second-order valence-corrected chi connectivity index (χ2v) is 2.80. The van der Waals surface area contributed by atoms with Crippen LogP contribution in [0.4, 0.5) is 0 Å². The molecule has 68 valence electrons. The molecule has 0 bridgehead atoms. The van der Waals surface area contributed by atoms with Crippen molar-refractivity contribution in [2.24, 2.45) is 0 Å². The molecular weight excluding hydrogens is 138 g/mol. The van der Waals surface area contributed by atoms with Gasteiger partial charge in [-0.05, 0) is 25.8 Å². The van der Waals surface area contributed by atoms with Crippen LogP contribution in [0.3, 0.4) is 0 Å². The Hall–Kier alpha value is -0.0800. The van der Waals surface area contributed by atoms with Crippen molar-refractivity contribution in [1.82, 2.24) is 5.32 Å². The second-order valence-electron chi connectivity index (χ2n) is 2.80. The fourth-order valence-electron chi connectivity index (χ4n) is 1.21. The molecule has 0 aromatic heterocycles. The fourth-order valence-corrected chi connectivity index (χ4v) is 1.21. The Morgan fingerprint density at radius 1 is 1.36 bits per heavy atom. The van der Waals surface area contributed by atoms with Crippen LogP contribution in [-0.4, -0.2) is 26.3 Å². The largest absolute Gasteiger partial charge is 0.385 e. The van der Waals surface area contributed by atoms with Crippen LogP contribution >= 0.6 is 0 Å². The topological polar surface area (TPSA) is 21.3 Å². The summed E-state index contributed by atoms with van der Waals surface area (Å²) in [7, 11) is 1.76. The summed E-state index contributed by atoms with van der Waals surface area (Å²) in [6.07, 6.45) is 3.62. The molecule has 2 nitrogen and oxygen atoms in total. The Labute approximate surface area is 70.3 Å². The average molecular weight is 159 g/mol. The van der Waals surface area contributed by atoms with E-state index < -0.39 is 0 Å². The van der Waals surface area contributed by atoms with Crippen LogP contribution in [0.2, 0.25) is 0 Å². The van der Waals surface area contributed by atoms with Crippen molar-refractivity contribution >= 4 is 0 Å². The lowest BCUT2D eigenvalue weighted by Gasteiger charge is -2.14. The van der Waals surface area contributed by atoms with Crippen LogP contribution in [0.5, 0.6) is 0 Å². The summed E-state index contributed by atoms with van der Waals surface area (Å²) in [6, 6.07) is 0.690. The van der Waals surface area contributed by atoms with Crippen molar-refractivity contribution in [3.05, 3.63) is 0 Å². The Morgan fingerprint density at radius 2 is 2.09 bits per heavy atom. The van der Waals surface area contributed by atoms with Gasteiger partial charge < -0.3 is 10.1 Å². The molecule has 1 atom stereocenters. The molecule has 0 aromatic rings. The van der Waals surface area contributed by atoms with Crippen LogP contribution < -0.4 is 5.32 Å². The molecule has 0 amide bonds. The maximum atomic E-state index is 4.99. The van der Waals surface area contributed by atoms with Gasteiger partial charge in [0.1, 0.15) is 0 Å². The lowest BCUT2D eigenvalue weighted by molar-refractivity contribution is 0.188. The Morgan fingerprint density at radius 3 is 2.55 bits per heavy atom. The third-order valence-electron chi connectivity index (χ3n) is 1.89. The molecule has 0 radical (unpaired) electrons. The molecule has 0 spiro atoms. The molecule has 0 saturated heterocycles. The molecule has 0 aliphatic rings. The van der Waals surface area contributed by atoms with E-state index in [2.05, 4.69) is 19.2 Å². The zero-order valence-corrected chi connectivity index (χ0v) is 8.02. The van der Waals surface area contributed by atoms with E-state index in [-0.39, 0.29) is 0 Å². The van der Waals surface area contributed by atoms with Crippen LogP contribution in [0, 0.1) is 0 Å². The summed E-state index contributed by atoms with van der Waals surface area (Å²) in [6.45, 7) is 6.34. The molecular formula is C9H21NO. The molecule has 0 saturated carbocycles. The monoisotopic (exact) mass is 159 g/mol. The number of hydrogen-bond donors (Lipinski definition) is 1.